The number of carbonyl (C=O) groups is 1. The van der Waals surface area contributed by atoms with Crippen LogP contribution in [0.1, 0.15) is 42.7 Å². The lowest BCUT2D eigenvalue weighted by molar-refractivity contribution is -0.141. The predicted molar refractivity (Wildman–Crippen MR) is 137 cm³/mol. The fraction of sp³-hybridized carbons (Fsp3) is 0.414. The fourth-order valence-electron chi connectivity index (χ4n) is 5.53. The Morgan fingerprint density at radius 2 is 1.86 bits per heavy atom. The topological polar surface area (TPSA) is 71.4 Å². The number of benzene rings is 2. The average molecular weight is 505 g/mol. The zero-order valence-electron chi connectivity index (χ0n) is 21.4. The number of ether oxygens (including phenoxy) is 5. The van der Waals surface area contributed by atoms with Gasteiger partial charge in [0.2, 0.25) is 0 Å². The van der Waals surface area contributed by atoms with E-state index in [9.17, 15) is 4.79 Å². The molecule has 8 heteroatoms. The number of hydrogen-bond acceptors (Lipinski definition) is 6. The molecule has 0 bridgehead atoms. The molecule has 3 aromatic rings. The van der Waals surface area contributed by atoms with Gasteiger partial charge in [-0.1, -0.05) is 12.1 Å². The number of likely N-dealkylation sites (tertiary alicyclic amines) is 1. The summed E-state index contributed by atoms with van der Waals surface area (Å²) in [5.41, 5.74) is 2.32. The molecule has 0 unspecified atom stereocenters. The summed E-state index contributed by atoms with van der Waals surface area (Å²) in [6, 6.07) is 17.6. The van der Waals surface area contributed by atoms with E-state index in [-0.39, 0.29) is 12.0 Å². The molecule has 8 nitrogen and oxygen atoms in total. The van der Waals surface area contributed by atoms with Crippen LogP contribution in [0.2, 0.25) is 0 Å². The number of rotatable bonds is 5. The molecule has 0 radical (unpaired) electrons. The second-order valence-corrected chi connectivity index (χ2v) is 10.2. The van der Waals surface area contributed by atoms with Gasteiger partial charge in [0.15, 0.2) is 22.9 Å². The SMILES string of the molecule is COc1cc(C(=O)N2CCC3(CC2)Oc2ccccc2-n2cccc23)ccc1OC[C@H]1COC(C)(C)O1. The van der Waals surface area contributed by atoms with Gasteiger partial charge in [0.05, 0.1) is 25.1 Å². The van der Waals surface area contributed by atoms with Crippen molar-refractivity contribution < 1.29 is 28.5 Å². The van der Waals surface area contributed by atoms with Crippen LogP contribution in [0.15, 0.2) is 60.8 Å². The van der Waals surface area contributed by atoms with Crippen molar-refractivity contribution in [2.24, 2.45) is 0 Å². The van der Waals surface area contributed by atoms with Crippen LogP contribution in [-0.4, -0.2) is 60.7 Å². The van der Waals surface area contributed by atoms with Crippen molar-refractivity contribution in [3.8, 4) is 22.9 Å². The summed E-state index contributed by atoms with van der Waals surface area (Å²) in [6.07, 6.45) is 3.36. The van der Waals surface area contributed by atoms with Gasteiger partial charge < -0.3 is 33.2 Å². The van der Waals surface area contributed by atoms with Crippen molar-refractivity contribution in [3.05, 3.63) is 72.1 Å². The molecule has 1 spiro atoms. The van der Waals surface area contributed by atoms with E-state index in [2.05, 4.69) is 29.0 Å². The molecule has 3 aliphatic rings. The van der Waals surface area contributed by atoms with E-state index >= 15 is 0 Å². The Labute approximate surface area is 216 Å². The highest BCUT2D eigenvalue weighted by Crippen LogP contribution is 2.45. The number of carbonyl (C=O) groups excluding carboxylic acids is 1. The van der Waals surface area contributed by atoms with Gasteiger partial charge >= 0.3 is 0 Å². The molecule has 1 amide bonds. The summed E-state index contributed by atoms with van der Waals surface area (Å²) in [4.78, 5) is 15.3. The molecule has 1 atom stereocenters. The van der Waals surface area contributed by atoms with E-state index in [1.807, 2.05) is 36.9 Å². The molecule has 0 N–H and O–H groups in total. The standard InChI is InChI=1S/C29H32N2O6/c1-28(2)35-19-21(36-28)18-34-24-11-10-20(17-25(24)33-3)27(32)30-15-12-29(13-16-30)26-9-6-14-31(26)22-7-4-5-8-23(22)37-29/h4-11,14,17,21H,12-13,15-16,18-19H2,1-3H3/t21-/m0/s1. The van der Waals surface area contributed by atoms with Crippen LogP contribution in [0.3, 0.4) is 0 Å². The minimum atomic E-state index is -0.601. The largest absolute Gasteiger partial charge is 0.493 e. The molecule has 2 fully saturated rings. The van der Waals surface area contributed by atoms with Gasteiger partial charge in [-0.2, -0.15) is 0 Å². The molecule has 194 valence electrons. The lowest BCUT2D eigenvalue weighted by atomic mass is 9.86. The second-order valence-electron chi connectivity index (χ2n) is 10.2. The first-order valence-electron chi connectivity index (χ1n) is 12.8. The number of piperidine rings is 1. The third kappa shape index (κ3) is 4.34. The van der Waals surface area contributed by atoms with Crippen LogP contribution in [0, 0.1) is 0 Å². The maximum absolute atomic E-state index is 13.4. The Morgan fingerprint density at radius 1 is 1.05 bits per heavy atom. The first-order chi connectivity index (χ1) is 17.9. The Kier molecular flexibility index (Phi) is 5.88. The van der Waals surface area contributed by atoms with Crippen molar-refractivity contribution in [2.75, 3.05) is 33.4 Å². The third-order valence-electron chi connectivity index (χ3n) is 7.41. The number of hydrogen-bond donors (Lipinski definition) is 0. The third-order valence-corrected chi connectivity index (χ3v) is 7.41. The van der Waals surface area contributed by atoms with Gasteiger partial charge in [-0.05, 0) is 56.3 Å². The van der Waals surface area contributed by atoms with E-state index in [1.54, 1.807) is 25.3 Å². The molecule has 37 heavy (non-hydrogen) atoms. The molecule has 2 aromatic carbocycles. The normalized spacial score (nSPS) is 21.2. The highest BCUT2D eigenvalue weighted by Gasteiger charge is 2.44. The number of amides is 1. The highest BCUT2D eigenvalue weighted by molar-refractivity contribution is 5.95. The Morgan fingerprint density at radius 3 is 2.62 bits per heavy atom. The zero-order chi connectivity index (χ0) is 25.6. The fourth-order valence-corrected chi connectivity index (χ4v) is 5.53. The van der Waals surface area contributed by atoms with E-state index in [0.717, 1.165) is 30.0 Å². The Balaban J connectivity index is 1.13. The molecule has 3 aliphatic heterocycles. The molecule has 4 heterocycles. The second kappa shape index (κ2) is 9.11. The smallest absolute Gasteiger partial charge is 0.253 e. The number of aromatic nitrogens is 1. The maximum atomic E-state index is 13.4. The molecule has 2 saturated heterocycles. The molecule has 6 rings (SSSR count). The summed E-state index contributed by atoms with van der Waals surface area (Å²) in [6.45, 7) is 5.78. The molecular formula is C29H32N2O6. The first kappa shape index (κ1) is 23.9. The summed E-state index contributed by atoms with van der Waals surface area (Å²) >= 11 is 0. The van der Waals surface area contributed by atoms with Crippen LogP contribution in [0.25, 0.3) is 5.69 Å². The van der Waals surface area contributed by atoms with Crippen LogP contribution in [0.4, 0.5) is 0 Å². The minimum absolute atomic E-state index is 0.0273. The van der Waals surface area contributed by atoms with Crippen LogP contribution in [-0.2, 0) is 15.1 Å². The van der Waals surface area contributed by atoms with Crippen LogP contribution in [0.5, 0.6) is 17.2 Å². The minimum Gasteiger partial charge on any atom is -0.493 e. The molecular weight excluding hydrogens is 472 g/mol. The van der Waals surface area contributed by atoms with Crippen molar-refractivity contribution in [1.29, 1.82) is 0 Å². The zero-order valence-corrected chi connectivity index (χ0v) is 21.4. The van der Waals surface area contributed by atoms with E-state index < -0.39 is 11.4 Å². The Hall–Kier alpha value is -3.49. The van der Waals surface area contributed by atoms with E-state index in [0.29, 0.717) is 43.4 Å². The lowest BCUT2D eigenvalue weighted by Crippen LogP contribution is -2.50. The van der Waals surface area contributed by atoms with E-state index in [1.165, 1.54) is 0 Å². The van der Waals surface area contributed by atoms with Crippen LogP contribution >= 0.6 is 0 Å². The predicted octanol–water partition coefficient (Wildman–Crippen LogP) is 4.54. The summed E-state index contributed by atoms with van der Waals surface area (Å²) < 4.78 is 31.7. The highest BCUT2D eigenvalue weighted by atomic mass is 16.7. The van der Waals surface area contributed by atoms with Crippen LogP contribution < -0.4 is 14.2 Å². The lowest BCUT2D eigenvalue weighted by Gasteiger charge is -2.45. The summed E-state index contributed by atoms with van der Waals surface area (Å²) in [5, 5.41) is 0. The van der Waals surface area contributed by atoms with Gasteiger partial charge in [-0.25, -0.2) is 0 Å². The van der Waals surface area contributed by atoms with Gasteiger partial charge in [-0.3, -0.25) is 4.79 Å². The van der Waals surface area contributed by atoms with Crippen molar-refractivity contribution in [2.45, 2.75) is 44.2 Å². The summed E-state index contributed by atoms with van der Waals surface area (Å²) in [5.74, 6) is 1.34. The summed E-state index contributed by atoms with van der Waals surface area (Å²) in [7, 11) is 1.58. The average Bonchev–Trinajstić information content (AvgIpc) is 3.55. The molecule has 1 aromatic heterocycles. The van der Waals surface area contributed by atoms with Gasteiger partial charge in [0.25, 0.3) is 5.91 Å². The quantitative estimate of drug-likeness (QED) is 0.508. The maximum Gasteiger partial charge on any atom is 0.253 e. The Bertz CT molecular complexity index is 1310. The van der Waals surface area contributed by atoms with Gasteiger partial charge in [-0.15, -0.1) is 0 Å². The van der Waals surface area contributed by atoms with E-state index in [4.69, 9.17) is 23.7 Å². The number of fused-ring (bicyclic) bond motifs is 4. The number of para-hydroxylation sites is 2. The van der Waals surface area contributed by atoms with Crippen molar-refractivity contribution in [1.82, 2.24) is 9.47 Å². The van der Waals surface area contributed by atoms with Gasteiger partial charge in [0, 0.05) is 37.7 Å². The monoisotopic (exact) mass is 504 g/mol. The number of methoxy groups -OCH3 is 1. The number of nitrogens with zero attached hydrogens (tertiary/aromatic N) is 2. The van der Waals surface area contributed by atoms with Gasteiger partial charge in [0.1, 0.15) is 18.5 Å². The first-order valence-corrected chi connectivity index (χ1v) is 12.8. The van der Waals surface area contributed by atoms with Crippen molar-refractivity contribution in [3.63, 3.8) is 0 Å². The molecule has 0 saturated carbocycles. The molecule has 0 aliphatic carbocycles. The van der Waals surface area contributed by atoms with Crippen molar-refractivity contribution >= 4 is 5.91 Å².